The Labute approximate surface area is 85.3 Å². The first-order chi connectivity index (χ1) is 6.63. The molecule has 1 aromatic rings. The fraction of sp³-hybridized carbons (Fsp3) is 0.300. The van der Waals surface area contributed by atoms with Gasteiger partial charge in [0.15, 0.2) is 11.0 Å². The standard InChI is InChI=1S/C10H11NO2S/c1-7(2)11-10(12)8-5-3-4-6-9(8)14(11)13/h3-7H,1-2H3. The molecule has 0 aliphatic carbocycles. The Bertz CT molecular complexity index is 379. The van der Waals surface area contributed by atoms with Gasteiger partial charge in [-0.2, -0.15) is 0 Å². The van der Waals surface area contributed by atoms with Crippen molar-refractivity contribution in [3.8, 4) is 0 Å². The second kappa shape index (κ2) is 3.20. The largest absolute Gasteiger partial charge is 0.268 e. The first-order valence-corrected chi connectivity index (χ1v) is 5.58. The van der Waals surface area contributed by atoms with Gasteiger partial charge in [-0.15, -0.1) is 0 Å². The van der Waals surface area contributed by atoms with E-state index in [0.29, 0.717) is 10.5 Å². The zero-order valence-electron chi connectivity index (χ0n) is 8.06. The van der Waals surface area contributed by atoms with E-state index in [-0.39, 0.29) is 11.9 Å². The van der Waals surface area contributed by atoms with E-state index in [9.17, 15) is 9.00 Å². The number of amides is 1. The summed E-state index contributed by atoms with van der Waals surface area (Å²) in [5.41, 5.74) is 0.569. The maximum atomic E-state index is 11.9. The van der Waals surface area contributed by atoms with Gasteiger partial charge in [-0.25, -0.2) is 4.21 Å². The number of carbonyl (C=O) groups is 1. The van der Waals surface area contributed by atoms with Crippen molar-refractivity contribution in [2.24, 2.45) is 0 Å². The first kappa shape index (κ1) is 9.40. The fourth-order valence-corrected chi connectivity index (χ4v) is 2.90. The summed E-state index contributed by atoms with van der Waals surface area (Å²) < 4.78 is 13.3. The number of fused-ring (bicyclic) bond motifs is 1. The number of hydrogen-bond acceptors (Lipinski definition) is 2. The summed E-state index contributed by atoms with van der Waals surface area (Å²) in [7, 11) is -1.31. The van der Waals surface area contributed by atoms with Gasteiger partial charge in [-0.3, -0.25) is 9.10 Å². The molecule has 0 fully saturated rings. The van der Waals surface area contributed by atoms with E-state index in [2.05, 4.69) is 0 Å². The summed E-state index contributed by atoms with van der Waals surface area (Å²) in [6, 6.07) is 7.02. The van der Waals surface area contributed by atoms with Crippen LogP contribution in [0.25, 0.3) is 0 Å². The van der Waals surface area contributed by atoms with Crippen LogP contribution in [0.2, 0.25) is 0 Å². The normalized spacial score (nSPS) is 20.4. The van der Waals surface area contributed by atoms with Crippen LogP contribution in [0.4, 0.5) is 0 Å². The van der Waals surface area contributed by atoms with E-state index in [0.717, 1.165) is 0 Å². The third-order valence-corrected chi connectivity index (χ3v) is 3.83. The second-order valence-corrected chi connectivity index (χ2v) is 4.80. The van der Waals surface area contributed by atoms with Gasteiger partial charge < -0.3 is 0 Å². The molecule has 74 valence electrons. The summed E-state index contributed by atoms with van der Waals surface area (Å²) in [5.74, 6) is -0.131. The highest BCUT2D eigenvalue weighted by atomic mass is 32.2. The molecule has 3 nitrogen and oxygen atoms in total. The van der Waals surface area contributed by atoms with E-state index < -0.39 is 11.0 Å². The first-order valence-electron chi connectivity index (χ1n) is 4.47. The molecule has 0 N–H and O–H groups in total. The lowest BCUT2D eigenvalue weighted by molar-refractivity contribution is 0.0851. The molecule has 1 aliphatic rings. The Kier molecular flexibility index (Phi) is 2.15. The summed E-state index contributed by atoms with van der Waals surface area (Å²) in [6.07, 6.45) is 0. The molecular formula is C10H11NO2S. The average Bonchev–Trinajstić information content (AvgIpc) is 2.41. The third-order valence-electron chi connectivity index (χ3n) is 2.15. The predicted octanol–water partition coefficient (Wildman–Crippen LogP) is 1.57. The van der Waals surface area contributed by atoms with Crippen molar-refractivity contribution in [2.45, 2.75) is 24.8 Å². The monoisotopic (exact) mass is 209 g/mol. The van der Waals surface area contributed by atoms with Crippen molar-refractivity contribution >= 4 is 16.9 Å². The summed E-state index contributed by atoms with van der Waals surface area (Å²) >= 11 is 0. The molecular weight excluding hydrogens is 198 g/mol. The van der Waals surface area contributed by atoms with Gasteiger partial charge in [0, 0.05) is 6.04 Å². The van der Waals surface area contributed by atoms with E-state index in [4.69, 9.17) is 0 Å². The van der Waals surface area contributed by atoms with Gasteiger partial charge in [0.25, 0.3) is 5.91 Å². The fourth-order valence-electron chi connectivity index (χ4n) is 1.52. The van der Waals surface area contributed by atoms with Crippen LogP contribution in [0.3, 0.4) is 0 Å². The molecule has 4 heteroatoms. The smallest absolute Gasteiger partial charge is 0.267 e. The van der Waals surface area contributed by atoms with Crippen LogP contribution in [0.1, 0.15) is 24.2 Å². The van der Waals surface area contributed by atoms with Gasteiger partial charge >= 0.3 is 0 Å². The van der Waals surface area contributed by atoms with Crippen molar-refractivity contribution < 1.29 is 9.00 Å². The molecule has 1 heterocycles. The molecule has 0 aromatic heterocycles. The minimum atomic E-state index is -1.31. The highest BCUT2D eigenvalue weighted by molar-refractivity contribution is 7.84. The zero-order chi connectivity index (χ0) is 10.3. The summed E-state index contributed by atoms with van der Waals surface area (Å²) in [5, 5.41) is 0. The Morgan fingerprint density at radius 2 is 1.93 bits per heavy atom. The number of hydrogen-bond donors (Lipinski definition) is 0. The van der Waals surface area contributed by atoms with Crippen molar-refractivity contribution in [1.82, 2.24) is 4.31 Å². The molecule has 0 spiro atoms. The SMILES string of the molecule is CC(C)N1C(=O)c2ccccc2S1=O. The summed E-state index contributed by atoms with van der Waals surface area (Å²) in [4.78, 5) is 12.4. The van der Waals surface area contributed by atoms with Crippen LogP contribution in [-0.2, 0) is 11.0 Å². The van der Waals surface area contributed by atoms with E-state index in [1.165, 1.54) is 4.31 Å². The number of nitrogens with zero attached hydrogens (tertiary/aromatic N) is 1. The quantitative estimate of drug-likeness (QED) is 0.704. The van der Waals surface area contributed by atoms with Crippen molar-refractivity contribution in [3.63, 3.8) is 0 Å². The van der Waals surface area contributed by atoms with Gasteiger partial charge in [0.1, 0.15) is 0 Å². The zero-order valence-corrected chi connectivity index (χ0v) is 8.88. The molecule has 1 atom stereocenters. The maximum absolute atomic E-state index is 11.9. The van der Waals surface area contributed by atoms with E-state index in [1.54, 1.807) is 24.3 Å². The molecule has 0 saturated carbocycles. The van der Waals surface area contributed by atoms with Crippen molar-refractivity contribution in [3.05, 3.63) is 29.8 Å². The minimum absolute atomic E-state index is 0.0317. The summed E-state index contributed by atoms with van der Waals surface area (Å²) in [6.45, 7) is 3.73. The van der Waals surface area contributed by atoms with Gasteiger partial charge in [-0.1, -0.05) is 12.1 Å². The highest BCUT2D eigenvalue weighted by Crippen LogP contribution is 2.27. The minimum Gasteiger partial charge on any atom is -0.268 e. The van der Waals surface area contributed by atoms with Crippen LogP contribution in [0, 0.1) is 0 Å². The third kappa shape index (κ3) is 1.18. The molecule has 1 aliphatic heterocycles. The number of rotatable bonds is 1. The molecule has 1 unspecified atom stereocenters. The molecule has 0 saturated heterocycles. The van der Waals surface area contributed by atoms with Crippen molar-refractivity contribution in [2.75, 3.05) is 0 Å². The van der Waals surface area contributed by atoms with Crippen LogP contribution in [0.15, 0.2) is 29.2 Å². The Balaban J connectivity index is 2.54. The van der Waals surface area contributed by atoms with Gasteiger partial charge in [-0.05, 0) is 26.0 Å². The highest BCUT2D eigenvalue weighted by Gasteiger charge is 2.35. The lowest BCUT2D eigenvalue weighted by Gasteiger charge is -2.17. The Morgan fingerprint density at radius 1 is 1.29 bits per heavy atom. The van der Waals surface area contributed by atoms with Crippen LogP contribution < -0.4 is 0 Å². The molecule has 14 heavy (non-hydrogen) atoms. The van der Waals surface area contributed by atoms with Crippen LogP contribution in [0.5, 0.6) is 0 Å². The topological polar surface area (TPSA) is 37.4 Å². The number of carbonyl (C=O) groups excluding carboxylic acids is 1. The lowest BCUT2D eigenvalue weighted by atomic mass is 10.2. The van der Waals surface area contributed by atoms with Crippen LogP contribution in [-0.4, -0.2) is 20.5 Å². The Morgan fingerprint density at radius 3 is 2.50 bits per heavy atom. The predicted molar refractivity (Wildman–Crippen MR) is 54.2 cm³/mol. The molecule has 1 aromatic carbocycles. The molecule has 0 bridgehead atoms. The second-order valence-electron chi connectivity index (χ2n) is 3.47. The molecule has 0 radical (unpaired) electrons. The van der Waals surface area contributed by atoms with E-state index >= 15 is 0 Å². The molecule has 2 rings (SSSR count). The maximum Gasteiger partial charge on any atom is 0.267 e. The van der Waals surface area contributed by atoms with Crippen molar-refractivity contribution in [1.29, 1.82) is 0 Å². The molecule has 1 amide bonds. The van der Waals surface area contributed by atoms with E-state index in [1.807, 2.05) is 13.8 Å². The van der Waals surface area contributed by atoms with Gasteiger partial charge in [0.2, 0.25) is 0 Å². The van der Waals surface area contributed by atoms with Crippen LogP contribution >= 0.6 is 0 Å². The lowest BCUT2D eigenvalue weighted by Crippen LogP contribution is -2.32. The Hall–Kier alpha value is -1.16. The average molecular weight is 209 g/mol. The van der Waals surface area contributed by atoms with Gasteiger partial charge in [0.05, 0.1) is 10.5 Å². The number of benzene rings is 1.